The SMILES string of the molecule is CC(C)Oc1cccc2sc(NCCc3ccccc3)nc12. The molecular formula is C18H20N2OS. The topological polar surface area (TPSA) is 34.1 Å². The maximum absolute atomic E-state index is 5.83. The first-order chi connectivity index (χ1) is 10.7. The lowest BCUT2D eigenvalue weighted by Gasteiger charge is -2.09. The van der Waals surface area contributed by atoms with Crippen LogP contribution in [0.4, 0.5) is 5.13 Å². The van der Waals surface area contributed by atoms with Gasteiger partial charge in [-0.3, -0.25) is 0 Å². The normalized spacial score (nSPS) is 11.0. The lowest BCUT2D eigenvalue weighted by atomic mass is 10.2. The average Bonchev–Trinajstić information content (AvgIpc) is 2.92. The maximum atomic E-state index is 5.83. The number of hydrogen-bond acceptors (Lipinski definition) is 4. The summed E-state index contributed by atoms with van der Waals surface area (Å²) in [6.07, 6.45) is 1.15. The Labute approximate surface area is 135 Å². The Kier molecular flexibility index (Phi) is 4.59. The van der Waals surface area contributed by atoms with Crippen molar-refractivity contribution in [1.29, 1.82) is 0 Å². The Balaban J connectivity index is 1.69. The number of hydrogen-bond donors (Lipinski definition) is 1. The first-order valence-corrected chi connectivity index (χ1v) is 8.38. The largest absolute Gasteiger partial charge is 0.489 e. The van der Waals surface area contributed by atoms with E-state index in [1.165, 1.54) is 5.56 Å². The van der Waals surface area contributed by atoms with Crippen molar-refractivity contribution < 1.29 is 4.74 Å². The summed E-state index contributed by atoms with van der Waals surface area (Å²) in [5, 5.41) is 4.36. The van der Waals surface area contributed by atoms with Crippen LogP contribution in [-0.4, -0.2) is 17.6 Å². The van der Waals surface area contributed by atoms with Gasteiger partial charge in [-0.15, -0.1) is 0 Å². The summed E-state index contributed by atoms with van der Waals surface area (Å²) < 4.78 is 6.98. The Bertz CT molecular complexity index is 737. The van der Waals surface area contributed by atoms with Crippen molar-refractivity contribution in [1.82, 2.24) is 4.98 Å². The third-order valence-electron chi connectivity index (χ3n) is 3.28. The highest BCUT2D eigenvalue weighted by Crippen LogP contribution is 2.32. The van der Waals surface area contributed by atoms with Gasteiger partial charge in [-0.1, -0.05) is 47.7 Å². The third kappa shape index (κ3) is 3.57. The van der Waals surface area contributed by atoms with Crippen LogP contribution in [0.15, 0.2) is 48.5 Å². The number of nitrogens with zero attached hydrogens (tertiary/aromatic N) is 1. The van der Waals surface area contributed by atoms with Gasteiger partial charge in [-0.25, -0.2) is 4.98 Å². The second kappa shape index (κ2) is 6.79. The second-order valence-corrected chi connectivity index (χ2v) is 6.48. The molecule has 0 aliphatic carbocycles. The zero-order valence-electron chi connectivity index (χ0n) is 12.9. The number of fused-ring (bicyclic) bond motifs is 1. The molecule has 0 unspecified atom stereocenters. The summed E-state index contributed by atoms with van der Waals surface area (Å²) in [5.74, 6) is 0.861. The molecule has 0 spiro atoms. The molecule has 3 nitrogen and oxygen atoms in total. The van der Waals surface area contributed by atoms with E-state index in [9.17, 15) is 0 Å². The Morgan fingerprint density at radius 1 is 1.09 bits per heavy atom. The molecule has 22 heavy (non-hydrogen) atoms. The maximum Gasteiger partial charge on any atom is 0.183 e. The molecule has 1 heterocycles. The standard InChI is InChI=1S/C18H20N2OS/c1-13(2)21-15-9-6-10-16-17(15)20-18(22-16)19-12-11-14-7-4-3-5-8-14/h3-10,13H,11-12H2,1-2H3,(H,19,20). The van der Waals surface area contributed by atoms with Gasteiger partial charge in [0.2, 0.25) is 0 Å². The van der Waals surface area contributed by atoms with E-state index in [1.807, 2.05) is 32.0 Å². The molecule has 0 aliphatic heterocycles. The van der Waals surface area contributed by atoms with Gasteiger partial charge in [0, 0.05) is 6.54 Å². The smallest absolute Gasteiger partial charge is 0.183 e. The quantitative estimate of drug-likeness (QED) is 0.714. The molecular weight excluding hydrogens is 292 g/mol. The van der Waals surface area contributed by atoms with Crippen molar-refractivity contribution in [3.8, 4) is 5.75 Å². The van der Waals surface area contributed by atoms with Crippen LogP contribution in [0.5, 0.6) is 5.75 Å². The number of thiazole rings is 1. The number of anilines is 1. The summed E-state index contributed by atoms with van der Waals surface area (Å²) >= 11 is 1.67. The van der Waals surface area contributed by atoms with Gasteiger partial charge in [0.05, 0.1) is 10.8 Å². The fourth-order valence-corrected chi connectivity index (χ4v) is 3.22. The van der Waals surface area contributed by atoms with Crippen LogP contribution >= 0.6 is 11.3 Å². The molecule has 0 amide bonds. The molecule has 2 aromatic carbocycles. The van der Waals surface area contributed by atoms with Crippen molar-refractivity contribution in [2.45, 2.75) is 26.4 Å². The molecule has 114 valence electrons. The van der Waals surface area contributed by atoms with Gasteiger partial charge in [0.15, 0.2) is 5.13 Å². The highest BCUT2D eigenvalue weighted by Gasteiger charge is 2.09. The van der Waals surface area contributed by atoms with Crippen LogP contribution in [0.2, 0.25) is 0 Å². The Morgan fingerprint density at radius 2 is 1.91 bits per heavy atom. The fraction of sp³-hybridized carbons (Fsp3) is 0.278. The van der Waals surface area contributed by atoms with Crippen LogP contribution in [0.1, 0.15) is 19.4 Å². The molecule has 3 rings (SSSR count). The van der Waals surface area contributed by atoms with Gasteiger partial charge in [0.25, 0.3) is 0 Å². The number of aromatic nitrogens is 1. The van der Waals surface area contributed by atoms with Crippen molar-refractivity contribution >= 4 is 26.7 Å². The zero-order chi connectivity index (χ0) is 15.4. The molecule has 0 bridgehead atoms. The van der Waals surface area contributed by atoms with Crippen molar-refractivity contribution in [3.05, 3.63) is 54.1 Å². The van der Waals surface area contributed by atoms with Crippen molar-refractivity contribution in [2.24, 2.45) is 0 Å². The van der Waals surface area contributed by atoms with Gasteiger partial charge < -0.3 is 10.1 Å². The number of benzene rings is 2. The van der Waals surface area contributed by atoms with Gasteiger partial charge in [-0.05, 0) is 38.0 Å². The molecule has 0 aliphatic rings. The van der Waals surface area contributed by atoms with E-state index in [-0.39, 0.29) is 6.10 Å². The molecule has 4 heteroatoms. The molecule has 0 saturated carbocycles. The summed E-state index contributed by atoms with van der Waals surface area (Å²) in [6.45, 7) is 4.94. The molecule has 3 aromatic rings. The minimum absolute atomic E-state index is 0.154. The highest BCUT2D eigenvalue weighted by atomic mass is 32.1. The van der Waals surface area contributed by atoms with Gasteiger partial charge >= 0.3 is 0 Å². The molecule has 1 aromatic heterocycles. The Hall–Kier alpha value is -2.07. The van der Waals surface area contributed by atoms with Crippen LogP contribution < -0.4 is 10.1 Å². The molecule has 0 saturated heterocycles. The van der Waals surface area contributed by atoms with Crippen LogP contribution in [0.25, 0.3) is 10.2 Å². The van der Waals surface area contributed by atoms with E-state index in [2.05, 4.69) is 40.6 Å². The highest BCUT2D eigenvalue weighted by molar-refractivity contribution is 7.22. The van der Waals surface area contributed by atoms with Crippen molar-refractivity contribution in [3.63, 3.8) is 0 Å². The summed E-state index contributed by atoms with van der Waals surface area (Å²) in [7, 11) is 0. The molecule has 0 radical (unpaired) electrons. The van der Waals surface area contributed by atoms with Crippen LogP contribution in [-0.2, 0) is 6.42 Å². The monoisotopic (exact) mass is 312 g/mol. The minimum atomic E-state index is 0.154. The van der Waals surface area contributed by atoms with Crippen LogP contribution in [0.3, 0.4) is 0 Å². The first-order valence-electron chi connectivity index (χ1n) is 7.56. The molecule has 1 N–H and O–H groups in total. The predicted octanol–water partition coefficient (Wildman–Crippen LogP) is 4.74. The van der Waals surface area contributed by atoms with Gasteiger partial charge in [-0.2, -0.15) is 0 Å². The lowest BCUT2D eigenvalue weighted by Crippen LogP contribution is -2.06. The van der Waals surface area contributed by atoms with Crippen LogP contribution in [0, 0.1) is 0 Å². The fourth-order valence-electron chi connectivity index (χ4n) is 2.31. The lowest BCUT2D eigenvalue weighted by molar-refractivity contribution is 0.245. The molecule has 0 fully saturated rings. The van der Waals surface area contributed by atoms with Crippen molar-refractivity contribution in [2.75, 3.05) is 11.9 Å². The van der Waals surface area contributed by atoms with E-state index in [0.29, 0.717) is 0 Å². The summed E-state index contributed by atoms with van der Waals surface area (Å²) in [5.41, 5.74) is 2.28. The minimum Gasteiger partial charge on any atom is -0.489 e. The Morgan fingerprint density at radius 3 is 2.68 bits per heavy atom. The van der Waals surface area contributed by atoms with Gasteiger partial charge in [0.1, 0.15) is 11.3 Å². The van der Waals surface area contributed by atoms with E-state index in [4.69, 9.17) is 4.74 Å². The third-order valence-corrected chi connectivity index (χ3v) is 4.26. The first kappa shape index (κ1) is 14.9. The number of nitrogens with one attached hydrogen (secondary N) is 1. The van der Waals surface area contributed by atoms with E-state index in [0.717, 1.165) is 34.1 Å². The summed E-state index contributed by atoms with van der Waals surface area (Å²) in [4.78, 5) is 4.68. The predicted molar refractivity (Wildman–Crippen MR) is 94.0 cm³/mol. The second-order valence-electron chi connectivity index (χ2n) is 5.45. The zero-order valence-corrected chi connectivity index (χ0v) is 13.7. The number of para-hydroxylation sites is 1. The molecule has 0 atom stereocenters. The van der Waals surface area contributed by atoms with E-state index >= 15 is 0 Å². The van der Waals surface area contributed by atoms with E-state index in [1.54, 1.807) is 11.3 Å². The number of rotatable bonds is 6. The van der Waals surface area contributed by atoms with E-state index < -0.39 is 0 Å². The average molecular weight is 312 g/mol. The number of ether oxygens (including phenoxy) is 1. The summed E-state index contributed by atoms with van der Waals surface area (Å²) in [6, 6.07) is 16.6.